The highest BCUT2D eigenvalue weighted by molar-refractivity contribution is 5.97. The first-order chi connectivity index (χ1) is 8.66. The van der Waals surface area contributed by atoms with Crippen LogP contribution >= 0.6 is 0 Å². The SMILES string of the molecule is CC(C)NCCNC(=O)c1ccc2cc[nH]c2c1. The fraction of sp³-hybridized carbons (Fsp3) is 0.357. The number of carbonyl (C=O) groups is 1. The van der Waals surface area contributed by atoms with Crippen LogP contribution < -0.4 is 10.6 Å². The van der Waals surface area contributed by atoms with Crippen molar-refractivity contribution in [2.45, 2.75) is 19.9 Å². The maximum Gasteiger partial charge on any atom is 0.251 e. The second-order valence-corrected chi connectivity index (χ2v) is 4.64. The Morgan fingerprint density at radius 1 is 1.28 bits per heavy atom. The zero-order valence-electron chi connectivity index (χ0n) is 10.8. The van der Waals surface area contributed by atoms with Gasteiger partial charge in [0.15, 0.2) is 0 Å². The summed E-state index contributed by atoms with van der Waals surface area (Å²) in [7, 11) is 0. The van der Waals surface area contributed by atoms with Crippen LogP contribution in [0.15, 0.2) is 30.5 Å². The number of H-pyrrole nitrogens is 1. The average molecular weight is 245 g/mol. The van der Waals surface area contributed by atoms with Crippen LogP contribution in [0.25, 0.3) is 10.9 Å². The Labute approximate surface area is 107 Å². The van der Waals surface area contributed by atoms with Crippen LogP contribution in [-0.2, 0) is 0 Å². The van der Waals surface area contributed by atoms with Crippen LogP contribution in [0.5, 0.6) is 0 Å². The molecule has 2 rings (SSSR count). The van der Waals surface area contributed by atoms with Crippen molar-refractivity contribution in [3.05, 3.63) is 36.0 Å². The Hall–Kier alpha value is -1.81. The quantitative estimate of drug-likeness (QED) is 0.705. The van der Waals surface area contributed by atoms with E-state index in [0.717, 1.165) is 17.4 Å². The molecule has 0 bridgehead atoms. The summed E-state index contributed by atoms with van der Waals surface area (Å²) >= 11 is 0. The van der Waals surface area contributed by atoms with Crippen molar-refractivity contribution < 1.29 is 4.79 Å². The van der Waals surface area contributed by atoms with E-state index in [1.54, 1.807) is 0 Å². The van der Waals surface area contributed by atoms with Gasteiger partial charge in [-0.1, -0.05) is 19.9 Å². The lowest BCUT2D eigenvalue weighted by Crippen LogP contribution is -2.34. The Morgan fingerprint density at radius 3 is 2.89 bits per heavy atom. The summed E-state index contributed by atoms with van der Waals surface area (Å²) in [5.74, 6) is -0.0305. The maximum absolute atomic E-state index is 11.9. The van der Waals surface area contributed by atoms with Gasteiger partial charge < -0.3 is 15.6 Å². The molecule has 0 fully saturated rings. The molecular weight excluding hydrogens is 226 g/mol. The Morgan fingerprint density at radius 2 is 2.11 bits per heavy atom. The smallest absolute Gasteiger partial charge is 0.251 e. The van der Waals surface area contributed by atoms with Crippen LogP contribution in [0.4, 0.5) is 0 Å². The summed E-state index contributed by atoms with van der Waals surface area (Å²) in [5, 5.41) is 7.27. The summed E-state index contributed by atoms with van der Waals surface area (Å²) in [5.41, 5.74) is 1.68. The summed E-state index contributed by atoms with van der Waals surface area (Å²) < 4.78 is 0. The summed E-state index contributed by atoms with van der Waals surface area (Å²) in [6.45, 7) is 5.59. The molecule has 0 saturated heterocycles. The number of aromatic amines is 1. The van der Waals surface area contributed by atoms with Crippen molar-refractivity contribution in [3.63, 3.8) is 0 Å². The molecule has 0 radical (unpaired) electrons. The fourth-order valence-corrected chi connectivity index (χ4v) is 1.83. The lowest BCUT2D eigenvalue weighted by Gasteiger charge is -2.09. The van der Waals surface area contributed by atoms with Crippen LogP contribution in [0.1, 0.15) is 24.2 Å². The average Bonchev–Trinajstić information content (AvgIpc) is 2.81. The van der Waals surface area contributed by atoms with E-state index in [0.29, 0.717) is 18.2 Å². The van der Waals surface area contributed by atoms with E-state index in [4.69, 9.17) is 0 Å². The molecule has 96 valence electrons. The van der Waals surface area contributed by atoms with Crippen molar-refractivity contribution >= 4 is 16.8 Å². The van der Waals surface area contributed by atoms with Crippen LogP contribution in [0.2, 0.25) is 0 Å². The highest BCUT2D eigenvalue weighted by atomic mass is 16.1. The van der Waals surface area contributed by atoms with E-state index in [1.807, 2.05) is 30.5 Å². The number of carbonyl (C=O) groups excluding carboxylic acids is 1. The molecule has 3 N–H and O–H groups in total. The molecule has 2 aromatic rings. The Kier molecular flexibility index (Phi) is 3.99. The Balaban J connectivity index is 1.92. The molecule has 1 aromatic heterocycles. The zero-order valence-corrected chi connectivity index (χ0v) is 10.8. The number of nitrogens with one attached hydrogen (secondary N) is 3. The minimum Gasteiger partial charge on any atom is -0.361 e. The van der Waals surface area contributed by atoms with Crippen molar-refractivity contribution in [1.82, 2.24) is 15.6 Å². The van der Waals surface area contributed by atoms with E-state index in [1.165, 1.54) is 0 Å². The maximum atomic E-state index is 11.9. The number of hydrogen-bond donors (Lipinski definition) is 3. The number of hydrogen-bond acceptors (Lipinski definition) is 2. The molecule has 4 heteroatoms. The molecule has 0 spiro atoms. The van der Waals surface area contributed by atoms with Crippen LogP contribution in [0.3, 0.4) is 0 Å². The second kappa shape index (κ2) is 5.69. The van der Waals surface area contributed by atoms with Gasteiger partial charge in [0, 0.05) is 36.4 Å². The van der Waals surface area contributed by atoms with Crippen molar-refractivity contribution in [1.29, 1.82) is 0 Å². The topological polar surface area (TPSA) is 56.9 Å². The van der Waals surface area contributed by atoms with Gasteiger partial charge in [-0.2, -0.15) is 0 Å². The molecular formula is C14H19N3O. The molecule has 1 aromatic carbocycles. The van der Waals surface area contributed by atoms with E-state index >= 15 is 0 Å². The normalized spacial score (nSPS) is 11.1. The van der Waals surface area contributed by atoms with Gasteiger partial charge in [-0.05, 0) is 23.6 Å². The predicted molar refractivity (Wildman–Crippen MR) is 73.8 cm³/mol. The number of amides is 1. The molecule has 1 amide bonds. The molecule has 0 aliphatic heterocycles. The number of benzene rings is 1. The van der Waals surface area contributed by atoms with Gasteiger partial charge in [0.2, 0.25) is 0 Å². The van der Waals surface area contributed by atoms with Gasteiger partial charge in [-0.25, -0.2) is 0 Å². The molecule has 4 nitrogen and oxygen atoms in total. The molecule has 0 saturated carbocycles. The lowest BCUT2D eigenvalue weighted by atomic mass is 10.1. The third-order valence-corrected chi connectivity index (χ3v) is 2.78. The van der Waals surface area contributed by atoms with Crippen LogP contribution in [-0.4, -0.2) is 30.0 Å². The Bertz CT molecular complexity index is 531. The fourth-order valence-electron chi connectivity index (χ4n) is 1.83. The van der Waals surface area contributed by atoms with Crippen molar-refractivity contribution in [2.24, 2.45) is 0 Å². The minimum absolute atomic E-state index is 0.0305. The summed E-state index contributed by atoms with van der Waals surface area (Å²) in [6, 6.07) is 8.11. The van der Waals surface area contributed by atoms with Gasteiger partial charge in [0.05, 0.1) is 0 Å². The monoisotopic (exact) mass is 245 g/mol. The number of aromatic nitrogens is 1. The zero-order chi connectivity index (χ0) is 13.0. The van der Waals surface area contributed by atoms with Crippen molar-refractivity contribution in [3.8, 4) is 0 Å². The van der Waals surface area contributed by atoms with Gasteiger partial charge in [-0.15, -0.1) is 0 Å². The first-order valence-corrected chi connectivity index (χ1v) is 6.25. The highest BCUT2D eigenvalue weighted by Crippen LogP contribution is 2.13. The molecule has 18 heavy (non-hydrogen) atoms. The summed E-state index contributed by atoms with van der Waals surface area (Å²) in [6.07, 6.45) is 1.87. The van der Waals surface area contributed by atoms with Gasteiger partial charge in [-0.3, -0.25) is 4.79 Å². The molecule has 0 unspecified atom stereocenters. The number of fused-ring (bicyclic) bond motifs is 1. The highest BCUT2D eigenvalue weighted by Gasteiger charge is 2.05. The van der Waals surface area contributed by atoms with E-state index in [9.17, 15) is 4.79 Å². The third-order valence-electron chi connectivity index (χ3n) is 2.78. The minimum atomic E-state index is -0.0305. The van der Waals surface area contributed by atoms with Crippen LogP contribution in [0, 0.1) is 0 Å². The largest absolute Gasteiger partial charge is 0.361 e. The van der Waals surface area contributed by atoms with E-state index in [-0.39, 0.29) is 5.91 Å². The van der Waals surface area contributed by atoms with Crippen molar-refractivity contribution in [2.75, 3.05) is 13.1 Å². The third kappa shape index (κ3) is 3.11. The first kappa shape index (κ1) is 12.6. The first-order valence-electron chi connectivity index (χ1n) is 6.25. The van der Waals surface area contributed by atoms with Gasteiger partial charge in [0.1, 0.15) is 0 Å². The molecule has 0 aliphatic carbocycles. The predicted octanol–water partition coefficient (Wildman–Crippen LogP) is 1.90. The van der Waals surface area contributed by atoms with E-state index < -0.39 is 0 Å². The lowest BCUT2D eigenvalue weighted by molar-refractivity contribution is 0.0954. The molecule has 1 heterocycles. The molecule has 0 aliphatic rings. The van der Waals surface area contributed by atoms with E-state index in [2.05, 4.69) is 29.5 Å². The molecule has 0 atom stereocenters. The second-order valence-electron chi connectivity index (χ2n) is 4.64. The summed E-state index contributed by atoms with van der Waals surface area (Å²) in [4.78, 5) is 15.0. The standard InChI is InChI=1S/C14H19N3O/c1-10(2)15-7-8-17-14(18)12-4-3-11-5-6-16-13(11)9-12/h3-6,9-10,15-16H,7-8H2,1-2H3,(H,17,18). The van der Waals surface area contributed by atoms with Gasteiger partial charge >= 0.3 is 0 Å². The number of rotatable bonds is 5. The van der Waals surface area contributed by atoms with Gasteiger partial charge in [0.25, 0.3) is 5.91 Å².